The summed E-state index contributed by atoms with van der Waals surface area (Å²) in [6.07, 6.45) is 2.12. The summed E-state index contributed by atoms with van der Waals surface area (Å²) in [5, 5.41) is 3.02. The largest absolute Gasteiger partial charge is 0.353 e. The zero-order chi connectivity index (χ0) is 20.3. The number of hydrogen-bond donors (Lipinski definition) is 1. The summed E-state index contributed by atoms with van der Waals surface area (Å²) in [6, 6.07) is 5.94. The molecule has 0 aromatic heterocycles. The number of carbonyl (C=O) groups is 3. The number of amides is 4. The average Bonchev–Trinajstić information content (AvgIpc) is 2.69. The van der Waals surface area contributed by atoms with Gasteiger partial charge in [-0.1, -0.05) is 18.2 Å². The molecule has 0 aliphatic carbocycles. The molecule has 2 aliphatic heterocycles. The fourth-order valence-electron chi connectivity index (χ4n) is 3.87. The number of likely N-dealkylation sites (N-methyl/N-ethyl adjacent to an activating group) is 2. The van der Waals surface area contributed by atoms with Crippen molar-refractivity contribution in [2.45, 2.75) is 37.8 Å². The summed E-state index contributed by atoms with van der Waals surface area (Å²) in [5.41, 5.74) is 0.547. The maximum atomic E-state index is 13.6. The second-order valence-electron chi connectivity index (χ2n) is 7.55. The molecule has 1 unspecified atom stereocenters. The van der Waals surface area contributed by atoms with Crippen LogP contribution in [0.5, 0.6) is 0 Å². The lowest BCUT2D eigenvalue weighted by Gasteiger charge is -2.42. The number of rotatable bonds is 5. The monoisotopic (exact) mass is 390 g/mol. The Morgan fingerprint density at radius 3 is 2.54 bits per heavy atom. The molecule has 28 heavy (non-hydrogen) atoms. The van der Waals surface area contributed by atoms with Crippen molar-refractivity contribution in [1.82, 2.24) is 20.0 Å². The lowest BCUT2D eigenvalue weighted by Crippen LogP contribution is -2.63. The number of benzene rings is 1. The van der Waals surface area contributed by atoms with E-state index in [1.54, 1.807) is 30.1 Å². The fraction of sp³-hybridized carbons (Fsp3) is 0.550. The van der Waals surface area contributed by atoms with Gasteiger partial charge in [-0.2, -0.15) is 0 Å². The Hall–Kier alpha value is -2.48. The molecule has 7 nitrogen and oxygen atoms in total. The summed E-state index contributed by atoms with van der Waals surface area (Å²) >= 11 is 0. The van der Waals surface area contributed by atoms with Gasteiger partial charge in [-0.3, -0.25) is 19.4 Å². The number of nitrogens with one attached hydrogen (secondary N) is 1. The first kappa shape index (κ1) is 20.3. The molecule has 2 saturated heterocycles. The van der Waals surface area contributed by atoms with Crippen LogP contribution in [0.4, 0.5) is 9.18 Å². The Bertz CT molecular complexity index is 749. The van der Waals surface area contributed by atoms with E-state index in [-0.39, 0.29) is 42.2 Å². The van der Waals surface area contributed by atoms with Gasteiger partial charge in [0.05, 0.1) is 0 Å². The van der Waals surface area contributed by atoms with Crippen molar-refractivity contribution >= 4 is 17.8 Å². The van der Waals surface area contributed by atoms with E-state index in [2.05, 4.69) is 10.2 Å². The second-order valence-corrected chi connectivity index (χ2v) is 7.55. The predicted octanol–water partition coefficient (Wildman–Crippen LogP) is 1.23. The number of urea groups is 1. The fourth-order valence-corrected chi connectivity index (χ4v) is 3.87. The zero-order valence-corrected chi connectivity index (χ0v) is 16.4. The average molecular weight is 390 g/mol. The maximum absolute atomic E-state index is 13.6. The van der Waals surface area contributed by atoms with Gasteiger partial charge in [0.25, 0.3) is 0 Å². The summed E-state index contributed by atoms with van der Waals surface area (Å²) < 4.78 is 13.6. The van der Waals surface area contributed by atoms with Crippen LogP contribution in [0.25, 0.3) is 0 Å². The SMILES string of the molecule is CN1CC(N2CCC(NC(=O)CCc3ccccc3F)CC2)C(=O)N(C)C1=O. The molecule has 0 spiro atoms. The molecule has 1 N–H and O–H groups in total. The van der Waals surface area contributed by atoms with Crippen LogP contribution >= 0.6 is 0 Å². The third kappa shape index (κ3) is 4.49. The Labute approximate surface area is 164 Å². The molecule has 152 valence electrons. The Morgan fingerprint density at radius 1 is 1.18 bits per heavy atom. The summed E-state index contributed by atoms with van der Waals surface area (Å²) in [4.78, 5) is 41.3. The van der Waals surface area contributed by atoms with Crippen LogP contribution in [0.2, 0.25) is 0 Å². The minimum atomic E-state index is -0.328. The molecule has 0 radical (unpaired) electrons. The van der Waals surface area contributed by atoms with Crippen LogP contribution in [0.15, 0.2) is 24.3 Å². The van der Waals surface area contributed by atoms with E-state index in [0.717, 1.165) is 12.8 Å². The van der Waals surface area contributed by atoms with E-state index in [1.807, 2.05) is 0 Å². The third-order valence-corrected chi connectivity index (χ3v) is 5.59. The van der Waals surface area contributed by atoms with Gasteiger partial charge >= 0.3 is 6.03 Å². The number of aryl methyl sites for hydroxylation is 1. The number of halogens is 1. The lowest BCUT2D eigenvalue weighted by molar-refractivity contribution is -0.137. The first-order chi connectivity index (χ1) is 13.4. The van der Waals surface area contributed by atoms with Gasteiger partial charge in [0.15, 0.2) is 0 Å². The van der Waals surface area contributed by atoms with Crippen molar-refractivity contribution in [3.8, 4) is 0 Å². The van der Waals surface area contributed by atoms with Crippen LogP contribution in [0.1, 0.15) is 24.8 Å². The Balaban J connectivity index is 1.45. The van der Waals surface area contributed by atoms with Crippen molar-refractivity contribution in [1.29, 1.82) is 0 Å². The third-order valence-electron chi connectivity index (χ3n) is 5.59. The van der Waals surface area contributed by atoms with E-state index < -0.39 is 0 Å². The lowest BCUT2D eigenvalue weighted by atomic mass is 10.0. The van der Waals surface area contributed by atoms with Crippen LogP contribution < -0.4 is 5.32 Å². The molecule has 2 heterocycles. The van der Waals surface area contributed by atoms with Gasteiger partial charge in [0.1, 0.15) is 11.9 Å². The number of likely N-dealkylation sites (tertiary alicyclic amines) is 1. The number of carbonyl (C=O) groups excluding carboxylic acids is 3. The summed E-state index contributed by atoms with van der Waals surface area (Å²) in [6.45, 7) is 1.76. The van der Waals surface area contributed by atoms with Gasteiger partial charge in [0.2, 0.25) is 11.8 Å². The smallest absolute Gasteiger partial charge is 0.326 e. The molecule has 1 aromatic rings. The second kappa shape index (κ2) is 8.68. The normalized spacial score (nSPS) is 21.9. The molecule has 2 aliphatic rings. The van der Waals surface area contributed by atoms with Gasteiger partial charge in [-0.15, -0.1) is 0 Å². The molecule has 0 saturated carbocycles. The highest BCUT2D eigenvalue weighted by atomic mass is 19.1. The Kier molecular flexibility index (Phi) is 6.28. The maximum Gasteiger partial charge on any atom is 0.326 e. The van der Waals surface area contributed by atoms with E-state index in [4.69, 9.17) is 0 Å². The minimum Gasteiger partial charge on any atom is -0.353 e. The molecule has 8 heteroatoms. The standard InChI is InChI=1S/C20H27FN4O3/c1-23-13-17(19(27)24(2)20(23)28)25-11-9-15(10-12-25)22-18(26)8-7-14-5-3-4-6-16(14)21/h3-6,15,17H,7-13H2,1-2H3,(H,22,26). The van der Waals surface area contributed by atoms with Crippen molar-refractivity contribution in [2.75, 3.05) is 33.7 Å². The number of nitrogens with zero attached hydrogens (tertiary/aromatic N) is 3. The highest BCUT2D eigenvalue weighted by molar-refractivity contribution is 5.99. The van der Waals surface area contributed by atoms with Crippen molar-refractivity contribution in [3.05, 3.63) is 35.6 Å². The minimum absolute atomic E-state index is 0.0557. The molecule has 1 atom stereocenters. The topological polar surface area (TPSA) is 73.0 Å². The number of hydrogen-bond acceptors (Lipinski definition) is 4. The van der Waals surface area contributed by atoms with Crippen molar-refractivity contribution in [3.63, 3.8) is 0 Å². The molecule has 4 amide bonds. The zero-order valence-electron chi connectivity index (χ0n) is 16.4. The highest BCUT2D eigenvalue weighted by Crippen LogP contribution is 2.19. The van der Waals surface area contributed by atoms with E-state index in [9.17, 15) is 18.8 Å². The van der Waals surface area contributed by atoms with Gasteiger partial charge in [-0.25, -0.2) is 9.18 Å². The van der Waals surface area contributed by atoms with Gasteiger partial charge in [0, 0.05) is 46.2 Å². The van der Waals surface area contributed by atoms with Gasteiger partial charge in [-0.05, 0) is 30.9 Å². The van der Waals surface area contributed by atoms with Gasteiger partial charge < -0.3 is 10.2 Å². The van der Waals surface area contributed by atoms with Crippen LogP contribution in [-0.2, 0) is 16.0 Å². The van der Waals surface area contributed by atoms with Crippen molar-refractivity contribution in [2.24, 2.45) is 0 Å². The van der Waals surface area contributed by atoms with E-state index in [0.29, 0.717) is 31.6 Å². The summed E-state index contributed by atoms with van der Waals surface area (Å²) in [5.74, 6) is -0.537. The Morgan fingerprint density at radius 2 is 1.86 bits per heavy atom. The molecule has 0 bridgehead atoms. The van der Waals surface area contributed by atoms with Crippen LogP contribution in [0.3, 0.4) is 0 Å². The van der Waals surface area contributed by atoms with Crippen LogP contribution in [0, 0.1) is 5.82 Å². The molecule has 3 rings (SSSR count). The number of piperidine rings is 1. The highest BCUT2D eigenvalue weighted by Gasteiger charge is 2.39. The van der Waals surface area contributed by atoms with E-state index >= 15 is 0 Å². The molecular weight excluding hydrogens is 363 g/mol. The predicted molar refractivity (Wildman–Crippen MR) is 102 cm³/mol. The molecular formula is C20H27FN4O3. The van der Waals surface area contributed by atoms with Crippen LogP contribution in [-0.4, -0.2) is 78.4 Å². The molecule has 1 aromatic carbocycles. The van der Waals surface area contributed by atoms with E-state index in [1.165, 1.54) is 18.0 Å². The first-order valence-electron chi connectivity index (χ1n) is 9.66. The summed E-state index contributed by atoms with van der Waals surface area (Å²) in [7, 11) is 3.21. The van der Waals surface area contributed by atoms with Crippen molar-refractivity contribution < 1.29 is 18.8 Å². The quantitative estimate of drug-likeness (QED) is 0.821. The number of imide groups is 1. The first-order valence-corrected chi connectivity index (χ1v) is 9.66. The molecule has 2 fully saturated rings.